The molecule has 11 heavy (non-hydrogen) atoms. The number of nitrogens with zero attached hydrogens (tertiary/aromatic N) is 1. The Hall–Kier alpha value is -1.01. The van der Waals surface area contributed by atoms with Gasteiger partial charge < -0.3 is 10.6 Å². The maximum absolute atomic E-state index is 11.2. The summed E-state index contributed by atoms with van der Waals surface area (Å²) >= 11 is 0. The summed E-state index contributed by atoms with van der Waals surface area (Å²) in [5.74, 6) is 2.27. The largest absolute Gasteiger partial charge is 0.334 e. The normalized spacial score (nSPS) is 11.8. The maximum Gasteiger partial charge on any atom is 0.227 e. The third-order valence-corrected chi connectivity index (χ3v) is 1.48. The van der Waals surface area contributed by atoms with Crippen LogP contribution in [0.1, 0.15) is 6.92 Å². The fraction of sp³-hybridized carbons (Fsp3) is 0.625. The number of carbonyl (C=O) groups is 1. The molecule has 1 atom stereocenters. The summed E-state index contributed by atoms with van der Waals surface area (Å²) in [6, 6.07) is 0. The van der Waals surface area contributed by atoms with Crippen LogP contribution in [0, 0.1) is 18.3 Å². The van der Waals surface area contributed by atoms with E-state index in [1.807, 2.05) is 0 Å². The number of nitrogens with two attached hydrogens (primary N) is 1. The van der Waals surface area contributed by atoms with Gasteiger partial charge in [-0.15, -0.1) is 6.42 Å². The minimum absolute atomic E-state index is 0.00505. The standard InChI is InChI=1S/C8H14N2O/c1-4-5-10(3)8(11)7(2)6-9/h1,7H,5-6,9H2,2-3H3. The van der Waals surface area contributed by atoms with Crippen molar-refractivity contribution in [2.75, 3.05) is 20.1 Å². The molecule has 0 rings (SSSR count). The minimum Gasteiger partial charge on any atom is -0.334 e. The Morgan fingerprint density at radius 1 is 1.82 bits per heavy atom. The van der Waals surface area contributed by atoms with E-state index >= 15 is 0 Å². The van der Waals surface area contributed by atoms with Crippen molar-refractivity contribution in [1.29, 1.82) is 0 Å². The van der Waals surface area contributed by atoms with Crippen LogP contribution in [-0.2, 0) is 4.79 Å². The van der Waals surface area contributed by atoms with Gasteiger partial charge in [-0.1, -0.05) is 12.8 Å². The van der Waals surface area contributed by atoms with E-state index in [-0.39, 0.29) is 11.8 Å². The monoisotopic (exact) mass is 154 g/mol. The van der Waals surface area contributed by atoms with Crippen molar-refractivity contribution in [1.82, 2.24) is 4.90 Å². The second kappa shape index (κ2) is 4.75. The van der Waals surface area contributed by atoms with Gasteiger partial charge in [-0.2, -0.15) is 0 Å². The number of carbonyl (C=O) groups excluding carboxylic acids is 1. The molecule has 0 saturated heterocycles. The summed E-state index contributed by atoms with van der Waals surface area (Å²) in [5.41, 5.74) is 5.31. The maximum atomic E-state index is 11.2. The van der Waals surface area contributed by atoms with Crippen LogP contribution in [0.3, 0.4) is 0 Å². The molecule has 0 heterocycles. The van der Waals surface area contributed by atoms with Crippen LogP contribution in [0.15, 0.2) is 0 Å². The van der Waals surface area contributed by atoms with E-state index in [2.05, 4.69) is 5.92 Å². The summed E-state index contributed by atoms with van der Waals surface area (Å²) in [6.07, 6.45) is 5.03. The predicted molar refractivity (Wildman–Crippen MR) is 44.7 cm³/mol. The van der Waals surface area contributed by atoms with Crippen LogP contribution in [0.5, 0.6) is 0 Å². The van der Waals surface area contributed by atoms with Crippen LogP contribution in [0.4, 0.5) is 0 Å². The third kappa shape index (κ3) is 3.06. The lowest BCUT2D eigenvalue weighted by atomic mass is 10.1. The molecule has 1 unspecified atom stereocenters. The zero-order valence-electron chi connectivity index (χ0n) is 7.00. The van der Waals surface area contributed by atoms with Crippen LogP contribution in [-0.4, -0.2) is 30.9 Å². The number of terminal acetylenes is 1. The molecule has 0 fully saturated rings. The minimum atomic E-state index is -0.131. The fourth-order valence-electron chi connectivity index (χ4n) is 0.692. The number of hydrogen-bond acceptors (Lipinski definition) is 2. The van der Waals surface area contributed by atoms with Gasteiger partial charge in [-0.3, -0.25) is 4.79 Å². The van der Waals surface area contributed by atoms with E-state index in [4.69, 9.17) is 12.2 Å². The SMILES string of the molecule is C#CCN(C)C(=O)C(C)CN. The van der Waals surface area contributed by atoms with Crippen molar-refractivity contribution in [3.05, 3.63) is 0 Å². The van der Waals surface area contributed by atoms with Gasteiger partial charge in [0.15, 0.2) is 0 Å². The summed E-state index contributed by atoms with van der Waals surface area (Å²) in [7, 11) is 1.67. The quantitative estimate of drug-likeness (QED) is 0.566. The van der Waals surface area contributed by atoms with Crippen LogP contribution in [0.25, 0.3) is 0 Å². The summed E-state index contributed by atoms with van der Waals surface area (Å²) < 4.78 is 0. The van der Waals surface area contributed by atoms with E-state index in [1.54, 1.807) is 14.0 Å². The van der Waals surface area contributed by atoms with Crippen molar-refractivity contribution in [3.8, 4) is 12.3 Å². The van der Waals surface area contributed by atoms with Crippen molar-refractivity contribution < 1.29 is 4.79 Å². The number of amides is 1. The molecule has 0 radical (unpaired) electrons. The lowest BCUT2D eigenvalue weighted by molar-refractivity contribution is -0.132. The number of rotatable bonds is 3. The highest BCUT2D eigenvalue weighted by Gasteiger charge is 2.14. The van der Waals surface area contributed by atoms with E-state index in [0.29, 0.717) is 13.1 Å². The van der Waals surface area contributed by atoms with Gasteiger partial charge in [0, 0.05) is 19.5 Å². The van der Waals surface area contributed by atoms with Crippen molar-refractivity contribution in [2.45, 2.75) is 6.92 Å². The first kappa shape index (κ1) is 9.99. The van der Waals surface area contributed by atoms with Crippen LogP contribution in [0.2, 0.25) is 0 Å². The molecule has 0 saturated carbocycles. The first-order valence-electron chi connectivity index (χ1n) is 3.52. The molecule has 0 aromatic carbocycles. The molecular formula is C8H14N2O. The zero-order valence-corrected chi connectivity index (χ0v) is 7.00. The van der Waals surface area contributed by atoms with Crippen LogP contribution >= 0.6 is 0 Å². The van der Waals surface area contributed by atoms with E-state index < -0.39 is 0 Å². The summed E-state index contributed by atoms with van der Waals surface area (Å²) in [4.78, 5) is 12.7. The zero-order chi connectivity index (χ0) is 8.85. The molecule has 62 valence electrons. The molecule has 0 aliphatic heterocycles. The Labute approximate surface area is 67.6 Å². The average Bonchev–Trinajstić information content (AvgIpc) is 2.02. The Bertz CT molecular complexity index is 171. The van der Waals surface area contributed by atoms with Gasteiger partial charge in [-0.25, -0.2) is 0 Å². The second-order valence-corrected chi connectivity index (χ2v) is 2.54. The van der Waals surface area contributed by atoms with E-state index in [0.717, 1.165) is 0 Å². The lowest BCUT2D eigenvalue weighted by Gasteiger charge is -2.17. The topological polar surface area (TPSA) is 46.3 Å². The highest BCUT2D eigenvalue weighted by Crippen LogP contribution is 1.96. The first-order valence-corrected chi connectivity index (χ1v) is 3.52. The average molecular weight is 154 g/mol. The molecule has 1 amide bonds. The Morgan fingerprint density at radius 3 is 2.73 bits per heavy atom. The Morgan fingerprint density at radius 2 is 2.36 bits per heavy atom. The first-order chi connectivity index (χ1) is 5.13. The highest BCUT2D eigenvalue weighted by atomic mass is 16.2. The molecule has 2 N–H and O–H groups in total. The molecule has 0 aromatic rings. The Kier molecular flexibility index (Phi) is 4.32. The van der Waals surface area contributed by atoms with Gasteiger partial charge in [0.2, 0.25) is 5.91 Å². The van der Waals surface area contributed by atoms with Gasteiger partial charge >= 0.3 is 0 Å². The molecule has 0 aliphatic rings. The van der Waals surface area contributed by atoms with Crippen molar-refractivity contribution >= 4 is 5.91 Å². The van der Waals surface area contributed by atoms with Gasteiger partial charge in [0.1, 0.15) is 0 Å². The molecule has 0 bridgehead atoms. The lowest BCUT2D eigenvalue weighted by Crippen LogP contribution is -2.35. The van der Waals surface area contributed by atoms with Crippen molar-refractivity contribution in [2.24, 2.45) is 11.7 Å². The molecule has 0 aliphatic carbocycles. The molecule has 0 spiro atoms. The van der Waals surface area contributed by atoms with Crippen LogP contribution < -0.4 is 5.73 Å². The second-order valence-electron chi connectivity index (χ2n) is 2.54. The highest BCUT2D eigenvalue weighted by molar-refractivity contribution is 5.78. The molecule has 0 aromatic heterocycles. The molecule has 3 heteroatoms. The summed E-state index contributed by atoms with van der Waals surface area (Å²) in [5, 5.41) is 0. The van der Waals surface area contributed by atoms with Gasteiger partial charge in [0.25, 0.3) is 0 Å². The molecule has 3 nitrogen and oxygen atoms in total. The van der Waals surface area contributed by atoms with Gasteiger partial charge in [0.05, 0.1) is 6.54 Å². The fourth-order valence-corrected chi connectivity index (χ4v) is 0.692. The number of hydrogen-bond donors (Lipinski definition) is 1. The summed E-state index contributed by atoms with van der Waals surface area (Å²) in [6.45, 7) is 2.51. The predicted octanol–water partition coefficient (Wildman–Crippen LogP) is -0.327. The smallest absolute Gasteiger partial charge is 0.227 e. The third-order valence-electron chi connectivity index (χ3n) is 1.48. The van der Waals surface area contributed by atoms with E-state index in [9.17, 15) is 4.79 Å². The van der Waals surface area contributed by atoms with Crippen molar-refractivity contribution in [3.63, 3.8) is 0 Å². The Balaban J connectivity index is 3.93. The molecular weight excluding hydrogens is 140 g/mol. The van der Waals surface area contributed by atoms with E-state index in [1.165, 1.54) is 4.90 Å². The van der Waals surface area contributed by atoms with Gasteiger partial charge in [-0.05, 0) is 0 Å².